The van der Waals surface area contributed by atoms with Gasteiger partial charge in [-0.2, -0.15) is 4.31 Å². The number of nitrogens with one attached hydrogen (secondary N) is 1. The Bertz CT molecular complexity index is 769. The lowest BCUT2D eigenvalue weighted by Crippen LogP contribution is -2.53. The average molecular weight is 404 g/mol. The summed E-state index contributed by atoms with van der Waals surface area (Å²) in [4.78, 5) is 13.7. The molecule has 2 heterocycles. The molecule has 0 saturated carbocycles. The van der Waals surface area contributed by atoms with Crippen LogP contribution in [0.5, 0.6) is 0 Å². The third-order valence-electron chi connectivity index (χ3n) is 4.89. The maximum atomic E-state index is 14.2. The molecular formula is C17H23ClFN3O3S. The van der Waals surface area contributed by atoms with E-state index in [1.165, 1.54) is 22.5 Å². The van der Waals surface area contributed by atoms with Gasteiger partial charge in [-0.25, -0.2) is 17.6 Å². The minimum absolute atomic E-state index is 0.133. The second-order valence-corrected chi connectivity index (χ2v) is 9.06. The molecule has 2 fully saturated rings. The molecule has 26 heavy (non-hydrogen) atoms. The molecule has 0 aromatic heterocycles. The Morgan fingerprint density at radius 2 is 1.88 bits per heavy atom. The third kappa shape index (κ3) is 4.13. The highest BCUT2D eigenvalue weighted by molar-refractivity contribution is 7.89. The molecule has 9 heteroatoms. The largest absolute Gasteiger partial charge is 0.334 e. The number of piperidine rings is 2. The second-order valence-electron chi connectivity index (χ2n) is 6.75. The molecule has 2 aliphatic rings. The van der Waals surface area contributed by atoms with Crippen LogP contribution in [0, 0.1) is 5.82 Å². The fourth-order valence-corrected chi connectivity index (χ4v) is 5.31. The van der Waals surface area contributed by atoms with Crippen molar-refractivity contribution in [3.05, 3.63) is 29.0 Å². The summed E-state index contributed by atoms with van der Waals surface area (Å²) in [7, 11) is -4.00. The van der Waals surface area contributed by atoms with Gasteiger partial charge in [-0.3, -0.25) is 0 Å². The minimum atomic E-state index is -4.00. The third-order valence-corrected chi connectivity index (χ3v) is 7.06. The number of amides is 2. The minimum Gasteiger partial charge on any atom is -0.334 e. The molecule has 1 atom stereocenters. The van der Waals surface area contributed by atoms with Gasteiger partial charge in [-0.1, -0.05) is 17.7 Å². The maximum absolute atomic E-state index is 14.2. The maximum Gasteiger partial charge on any atom is 0.317 e. The summed E-state index contributed by atoms with van der Waals surface area (Å²) in [5.74, 6) is -0.936. The first kappa shape index (κ1) is 19.4. The summed E-state index contributed by atoms with van der Waals surface area (Å²) in [5.41, 5.74) is 0. The van der Waals surface area contributed by atoms with E-state index in [2.05, 4.69) is 5.32 Å². The van der Waals surface area contributed by atoms with Crippen LogP contribution in [0.3, 0.4) is 0 Å². The molecule has 2 saturated heterocycles. The SMILES string of the molecule is O=C(NC1CCCN(S(=O)(=O)c2cccc(Cl)c2F)C1)N1CCCCC1. The van der Waals surface area contributed by atoms with Crippen molar-refractivity contribution >= 4 is 27.7 Å². The van der Waals surface area contributed by atoms with Gasteiger partial charge in [-0.05, 0) is 44.2 Å². The van der Waals surface area contributed by atoms with E-state index in [-0.39, 0.29) is 23.6 Å². The Morgan fingerprint density at radius 1 is 1.15 bits per heavy atom. The van der Waals surface area contributed by atoms with Crippen molar-refractivity contribution in [2.45, 2.75) is 43.0 Å². The highest BCUT2D eigenvalue weighted by Gasteiger charge is 2.33. The lowest BCUT2D eigenvalue weighted by molar-refractivity contribution is 0.176. The number of carbonyl (C=O) groups excluding carboxylic acids is 1. The van der Waals surface area contributed by atoms with Crippen molar-refractivity contribution in [1.82, 2.24) is 14.5 Å². The molecule has 1 aromatic rings. The predicted octanol–water partition coefficient (Wildman–Crippen LogP) is 2.83. The summed E-state index contributed by atoms with van der Waals surface area (Å²) >= 11 is 5.72. The topological polar surface area (TPSA) is 69.7 Å². The van der Waals surface area contributed by atoms with Crippen LogP contribution in [0.4, 0.5) is 9.18 Å². The van der Waals surface area contributed by atoms with E-state index in [0.717, 1.165) is 32.4 Å². The molecule has 0 bridgehead atoms. The molecule has 2 aliphatic heterocycles. The molecular weight excluding hydrogens is 381 g/mol. The highest BCUT2D eigenvalue weighted by Crippen LogP contribution is 2.26. The van der Waals surface area contributed by atoms with Crippen molar-refractivity contribution in [2.24, 2.45) is 0 Å². The summed E-state index contributed by atoms with van der Waals surface area (Å²) in [6, 6.07) is 3.51. The monoisotopic (exact) mass is 403 g/mol. The fourth-order valence-electron chi connectivity index (χ4n) is 3.46. The molecule has 2 amide bonds. The summed E-state index contributed by atoms with van der Waals surface area (Å²) in [6.07, 6.45) is 4.42. The van der Waals surface area contributed by atoms with Crippen molar-refractivity contribution in [1.29, 1.82) is 0 Å². The van der Waals surface area contributed by atoms with Gasteiger partial charge >= 0.3 is 6.03 Å². The number of rotatable bonds is 3. The van der Waals surface area contributed by atoms with Gasteiger partial charge in [0.2, 0.25) is 10.0 Å². The van der Waals surface area contributed by atoms with Crippen LogP contribution in [-0.4, -0.2) is 55.9 Å². The Morgan fingerprint density at radius 3 is 2.62 bits per heavy atom. The number of nitrogens with zero attached hydrogens (tertiary/aromatic N) is 2. The van der Waals surface area contributed by atoms with Crippen LogP contribution in [-0.2, 0) is 10.0 Å². The fraction of sp³-hybridized carbons (Fsp3) is 0.588. The van der Waals surface area contributed by atoms with Crippen LogP contribution in [0.25, 0.3) is 0 Å². The van der Waals surface area contributed by atoms with Crippen molar-refractivity contribution < 1.29 is 17.6 Å². The van der Waals surface area contributed by atoms with Gasteiger partial charge in [0.15, 0.2) is 5.82 Å². The van der Waals surface area contributed by atoms with E-state index in [9.17, 15) is 17.6 Å². The molecule has 3 rings (SSSR count). The quantitative estimate of drug-likeness (QED) is 0.843. The number of hydrogen-bond acceptors (Lipinski definition) is 3. The number of hydrogen-bond donors (Lipinski definition) is 1. The Labute approximate surface area is 158 Å². The van der Waals surface area contributed by atoms with Crippen LogP contribution < -0.4 is 5.32 Å². The first-order valence-electron chi connectivity index (χ1n) is 8.89. The van der Waals surface area contributed by atoms with E-state index in [0.29, 0.717) is 19.4 Å². The van der Waals surface area contributed by atoms with Crippen LogP contribution in [0.1, 0.15) is 32.1 Å². The smallest absolute Gasteiger partial charge is 0.317 e. The lowest BCUT2D eigenvalue weighted by atomic mass is 10.1. The molecule has 144 valence electrons. The number of benzene rings is 1. The zero-order valence-electron chi connectivity index (χ0n) is 14.5. The summed E-state index contributed by atoms with van der Waals surface area (Å²) in [5, 5.41) is 2.71. The summed E-state index contributed by atoms with van der Waals surface area (Å²) < 4.78 is 41.0. The van der Waals surface area contributed by atoms with Gasteiger partial charge in [0, 0.05) is 32.2 Å². The first-order chi connectivity index (χ1) is 12.4. The van der Waals surface area contributed by atoms with Gasteiger partial charge in [0.1, 0.15) is 4.90 Å². The number of likely N-dealkylation sites (tertiary alicyclic amines) is 1. The number of urea groups is 1. The normalized spacial score (nSPS) is 22.2. The molecule has 1 N–H and O–H groups in total. The second kappa shape index (κ2) is 8.10. The van der Waals surface area contributed by atoms with Gasteiger partial charge in [0.25, 0.3) is 0 Å². The first-order valence-corrected chi connectivity index (χ1v) is 10.7. The Balaban J connectivity index is 1.69. The van der Waals surface area contributed by atoms with Crippen LogP contribution >= 0.6 is 11.6 Å². The number of carbonyl (C=O) groups is 1. The van der Waals surface area contributed by atoms with Gasteiger partial charge in [-0.15, -0.1) is 0 Å². The highest BCUT2D eigenvalue weighted by atomic mass is 35.5. The molecule has 0 radical (unpaired) electrons. The zero-order valence-corrected chi connectivity index (χ0v) is 16.0. The van der Waals surface area contributed by atoms with Gasteiger partial charge < -0.3 is 10.2 Å². The Hall–Kier alpha value is -1.38. The van der Waals surface area contributed by atoms with E-state index < -0.39 is 20.7 Å². The van der Waals surface area contributed by atoms with Crippen molar-refractivity contribution in [3.8, 4) is 0 Å². The lowest BCUT2D eigenvalue weighted by Gasteiger charge is -2.34. The van der Waals surface area contributed by atoms with E-state index in [1.807, 2.05) is 0 Å². The van der Waals surface area contributed by atoms with Crippen molar-refractivity contribution in [2.75, 3.05) is 26.2 Å². The Kier molecular flexibility index (Phi) is 6.04. The number of halogens is 2. The average Bonchev–Trinajstić information content (AvgIpc) is 2.65. The van der Waals surface area contributed by atoms with Crippen LogP contribution in [0.2, 0.25) is 5.02 Å². The van der Waals surface area contributed by atoms with Crippen LogP contribution in [0.15, 0.2) is 23.1 Å². The van der Waals surface area contributed by atoms with E-state index in [4.69, 9.17) is 11.6 Å². The standard InChI is InChI=1S/C17H23ClFN3O3S/c18-14-7-4-8-15(16(14)19)26(24,25)22-11-5-6-13(12-22)20-17(23)21-9-2-1-3-10-21/h4,7-8,13H,1-3,5-6,9-12H2,(H,20,23). The molecule has 1 unspecified atom stereocenters. The molecule has 0 aliphatic carbocycles. The van der Waals surface area contributed by atoms with Gasteiger partial charge in [0.05, 0.1) is 5.02 Å². The molecule has 0 spiro atoms. The molecule has 1 aromatic carbocycles. The van der Waals surface area contributed by atoms with Crippen molar-refractivity contribution in [3.63, 3.8) is 0 Å². The number of sulfonamides is 1. The van der Waals surface area contributed by atoms with E-state index in [1.54, 1.807) is 4.90 Å². The van der Waals surface area contributed by atoms with E-state index >= 15 is 0 Å². The zero-order chi connectivity index (χ0) is 18.7. The summed E-state index contributed by atoms with van der Waals surface area (Å²) in [6.45, 7) is 1.89. The molecule has 6 nitrogen and oxygen atoms in total. The predicted molar refractivity (Wildman–Crippen MR) is 97.1 cm³/mol.